The van der Waals surface area contributed by atoms with E-state index in [2.05, 4.69) is 31.4 Å². The average molecular weight is 638 g/mol. The topological polar surface area (TPSA) is 85.9 Å². The van der Waals surface area contributed by atoms with Crippen molar-refractivity contribution in [3.05, 3.63) is 86.9 Å². The molecule has 1 amide bonds. The van der Waals surface area contributed by atoms with Crippen LogP contribution in [0.5, 0.6) is 11.5 Å². The molecule has 1 aliphatic carbocycles. The van der Waals surface area contributed by atoms with Gasteiger partial charge in [-0.05, 0) is 90.1 Å². The molecule has 5 atom stereocenters. The monoisotopic (exact) mass is 636 g/mol. The van der Waals surface area contributed by atoms with E-state index in [1.54, 1.807) is 12.1 Å². The quantitative estimate of drug-likeness (QED) is 0.259. The number of carbonyl (C=O) groups is 2. The molecule has 0 radical (unpaired) electrons. The zero-order valence-electron chi connectivity index (χ0n) is 25.2. The number of hydrogen-bond acceptors (Lipinski definition) is 6. The van der Waals surface area contributed by atoms with Crippen LogP contribution < -0.4 is 20.1 Å². The number of benzene rings is 3. The predicted molar refractivity (Wildman–Crippen MR) is 171 cm³/mol. The van der Waals surface area contributed by atoms with E-state index in [0.717, 1.165) is 29.5 Å². The molecule has 0 unspecified atom stereocenters. The predicted octanol–water partition coefficient (Wildman–Crippen LogP) is 7.66. The largest absolute Gasteiger partial charge is 0.489 e. The summed E-state index contributed by atoms with van der Waals surface area (Å²) < 4.78 is 18.2. The molecule has 2 N–H and O–H groups in total. The number of esters is 1. The summed E-state index contributed by atoms with van der Waals surface area (Å²) >= 11 is 12.1. The molecule has 1 saturated carbocycles. The Bertz CT molecular complexity index is 1540. The van der Waals surface area contributed by atoms with Gasteiger partial charge >= 0.3 is 5.97 Å². The van der Waals surface area contributed by atoms with Gasteiger partial charge < -0.3 is 24.8 Å². The maximum absolute atomic E-state index is 13.3. The van der Waals surface area contributed by atoms with Crippen LogP contribution in [-0.2, 0) is 33.9 Å². The Hall–Kier alpha value is -3.26. The van der Waals surface area contributed by atoms with E-state index in [9.17, 15) is 9.59 Å². The molecule has 3 aliphatic rings. The van der Waals surface area contributed by atoms with E-state index < -0.39 is 12.1 Å². The standard InChI is InChI=1S/C35H38Cl2N2O5/c1-19(2)26-10-4-20(3)12-31(26)44-35(41)30-15-23-14-29-32(16-24(23)17-38-30)43-33(34(40)39-29)22-6-8-25(9-7-22)42-18-21-5-11-27(36)28(37)13-21/h5-9,11,13-14,16,19-20,26,30-31,33,38H,4,10,12,15,17-18H2,1-3H3,(H,39,40)/t20-,26+,30+,31-,33-/m1/s1. The minimum Gasteiger partial charge on any atom is -0.489 e. The number of halogens is 2. The molecule has 3 aromatic carbocycles. The molecule has 9 heteroatoms. The Morgan fingerprint density at radius 2 is 1.82 bits per heavy atom. The van der Waals surface area contributed by atoms with E-state index in [1.165, 1.54) is 6.42 Å². The third-order valence-electron chi connectivity index (χ3n) is 9.09. The first-order valence-corrected chi connectivity index (χ1v) is 16.1. The van der Waals surface area contributed by atoms with E-state index in [4.69, 9.17) is 37.4 Å². The van der Waals surface area contributed by atoms with Gasteiger partial charge in [0.1, 0.15) is 30.3 Å². The molecule has 6 rings (SSSR count). The summed E-state index contributed by atoms with van der Waals surface area (Å²) in [5, 5.41) is 7.35. The number of anilines is 1. The third kappa shape index (κ3) is 6.70. The molecular weight excluding hydrogens is 599 g/mol. The van der Waals surface area contributed by atoms with Crippen LogP contribution in [-0.4, -0.2) is 24.0 Å². The molecular formula is C35H38Cl2N2O5. The fraction of sp³-hybridized carbons (Fsp3) is 0.429. The molecule has 0 bridgehead atoms. The Morgan fingerprint density at radius 1 is 1.02 bits per heavy atom. The second-order valence-corrected chi connectivity index (χ2v) is 13.5. The summed E-state index contributed by atoms with van der Waals surface area (Å²) in [5.74, 6) is 2.25. The summed E-state index contributed by atoms with van der Waals surface area (Å²) in [7, 11) is 0. The molecule has 0 aromatic heterocycles. The van der Waals surface area contributed by atoms with Crippen molar-refractivity contribution >= 4 is 40.8 Å². The highest BCUT2D eigenvalue weighted by atomic mass is 35.5. The fourth-order valence-corrected chi connectivity index (χ4v) is 6.84. The lowest BCUT2D eigenvalue weighted by Crippen LogP contribution is -2.46. The minimum atomic E-state index is -0.796. The molecule has 2 heterocycles. The van der Waals surface area contributed by atoms with Gasteiger partial charge in [-0.15, -0.1) is 0 Å². The molecule has 2 aliphatic heterocycles. The van der Waals surface area contributed by atoms with Gasteiger partial charge in [0, 0.05) is 12.1 Å². The summed E-state index contributed by atoms with van der Waals surface area (Å²) in [4.78, 5) is 26.4. The summed E-state index contributed by atoms with van der Waals surface area (Å²) in [6.45, 7) is 7.52. The first-order chi connectivity index (χ1) is 21.1. The second-order valence-electron chi connectivity index (χ2n) is 12.6. The maximum atomic E-state index is 13.3. The Morgan fingerprint density at radius 3 is 2.57 bits per heavy atom. The van der Waals surface area contributed by atoms with Crippen molar-refractivity contribution in [3.8, 4) is 11.5 Å². The minimum absolute atomic E-state index is 0.0363. The highest BCUT2D eigenvalue weighted by Gasteiger charge is 2.37. The van der Waals surface area contributed by atoms with Crippen molar-refractivity contribution in [2.45, 2.75) is 77.9 Å². The molecule has 0 saturated heterocycles. The van der Waals surface area contributed by atoms with Crippen LogP contribution in [0.2, 0.25) is 10.0 Å². The van der Waals surface area contributed by atoms with E-state index in [0.29, 0.717) is 70.1 Å². The van der Waals surface area contributed by atoms with Crippen molar-refractivity contribution in [3.63, 3.8) is 0 Å². The summed E-state index contributed by atoms with van der Waals surface area (Å²) in [6.07, 6.45) is 2.88. The van der Waals surface area contributed by atoms with Crippen LogP contribution in [0.25, 0.3) is 0 Å². The smallest absolute Gasteiger partial charge is 0.323 e. The Labute approximate surface area is 268 Å². The maximum Gasteiger partial charge on any atom is 0.323 e. The SMILES string of the molecule is CC(C)[C@@H]1CC[C@@H](C)C[C@H]1OC(=O)[C@@H]1Cc2cc3c(cc2CN1)O[C@H](c1ccc(OCc2ccc(Cl)c(Cl)c2)cc1)C(=O)N3. The van der Waals surface area contributed by atoms with Crippen molar-refractivity contribution in [1.29, 1.82) is 0 Å². The van der Waals surface area contributed by atoms with Gasteiger partial charge in [0.2, 0.25) is 6.10 Å². The van der Waals surface area contributed by atoms with Gasteiger partial charge in [0.15, 0.2) is 0 Å². The first kappa shape index (κ1) is 30.8. The number of rotatable bonds is 7. The number of carbonyl (C=O) groups excluding carboxylic acids is 2. The Balaban J connectivity index is 1.09. The van der Waals surface area contributed by atoms with Gasteiger partial charge in [-0.3, -0.25) is 9.59 Å². The molecule has 1 fully saturated rings. The molecule has 3 aromatic rings. The lowest BCUT2D eigenvalue weighted by Gasteiger charge is -2.38. The number of hydrogen-bond donors (Lipinski definition) is 2. The van der Waals surface area contributed by atoms with E-state index >= 15 is 0 Å². The van der Waals surface area contributed by atoms with Crippen molar-refractivity contribution in [2.75, 3.05) is 5.32 Å². The molecule has 232 valence electrons. The average Bonchev–Trinajstić information content (AvgIpc) is 3.00. The normalized spacial score (nSPS) is 24.5. The highest BCUT2D eigenvalue weighted by Crippen LogP contribution is 2.39. The van der Waals surface area contributed by atoms with E-state index in [1.807, 2.05) is 42.5 Å². The fourth-order valence-electron chi connectivity index (χ4n) is 6.52. The van der Waals surface area contributed by atoms with Gasteiger partial charge in [0.05, 0.1) is 15.7 Å². The van der Waals surface area contributed by atoms with Gasteiger partial charge in [-0.2, -0.15) is 0 Å². The van der Waals surface area contributed by atoms with Gasteiger partial charge in [-0.1, -0.05) is 68.6 Å². The number of amides is 1. The molecule has 44 heavy (non-hydrogen) atoms. The highest BCUT2D eigenvalue weighted by molar-refractivity contribution is 6.42. The first-order valence-electron chi connectivity index (χ1n) is 15.4. The number of fused-ring (bicyclic) bond motifs is 2. The lowest BCUT2D eigenvalue weighted by molar-refractivity contribution is -0.158. The zero-order chi connectivity index (χ0) is 31.0. The van der Waals surface area contributed by atoms with Crippen LogP contribution in [0.1, 0.15) is 68.4 Å². The van der Waals surface area contributed by atoms with Gasteiger partial charge in [0.25, 0.3) is 5.91 Å². The Kier molecular flexibility index (Phi) is 9.08. The third-order valence-corrected chi connectivity index (χ3v) is 9.83. The number of nitrogens with one attached hydrogen (secondary N) is 2. The molecule has 7 nitrogen and oxygen atoms in total. The zero-order valence-corrected chi connectivity index (χ0v) is 26.7. The summed E-state index contributed by atoms with van der Waals surface area (Å²) in [6, 6.07) is 16.1. The van der Waals surface area contributed by atoms with Crippen LogP contribution in [0, 0.1) is 17.8 Å². The van der Waals surface area contributed by atoms with Gasteiger partial charge in [-0.25, -0.2) is 0 Å². The van der Waals surface area contributed by atoms with Crippen LogP contribution in [0.15, 0.2) is 54.6 Å². The summed E-state index contributed by atoms with van der Waals surface area (Å²) in [5.41, 5.74) is 4.27. The van der Waals surface area contributed by atoms with Crippen molar-refractivity contribution in [2.24, 2.45) is 17.8 Å². The molecule has 0 spiro atoms. The second kappa shape index (κ2) is 13.0. The van der Waals surface area contributed by atoms with E-state index in [-0.39, 0.29) is 18.0 Å². The van der Waals surface area contributed by atoms with Crippen molar-refractivity contribution < 1.29 is 23.8 Å². The van der Waals surface area contributed by atoms with Crippen molar-refractivity contribution in [1.82, 2.24) is 5.32 Å². The van der Waals surface area contributed by atoms with Crippen LogP contribution >= 0.6 is 23.2 Å². The van der Waals surface area contributed by atoms with Crippen LogP contribution in [0.4, 0.5) is 5.69 Å². The number of ether oxygens (including phenoxy) is 3. The lowest BCUT2D eigenvalue weighted by atomic mass is 9.75. The van der Waals surface area contributed by atoms with Crippen LogP contribution in [0.3, 0.4) is 0 Å².